The number of benzene rings is 2. The fourth-order valence-corrected chi connectivity index (χ4v) is 5.77. The number of hydrogen-bond donors (Lipinski definition) is 0. The van der Waals surface area contributed by atoms with Crippen LogP contribution in [0, 0.1) is 6.92 Å². The van der Waals surface area contributed by atoms with E-state index in [1.54, 1.807) is 31.5 Å². The smallest absolute Gasteiger partial charge is 0.268 e. The first-order valence-electron chi connectivity index (χ1n) is 11.3. The highest BCUT2D eigenvalue weighted by Gasteiger charge is 2.25. The number of hydrogen-bond acceptors (Lipinski definition) is 6. The minimum Gasteiger partial charge on any atom is -0.495 e. The average molecular weight is 471 g/mol. The lowest BCUT2D eigenvalue weighted by molar-refractivity contribution is 0.311. The van der Waals surface area contributed by atoms with E-state index in [1.807, 2.05) is 33.2 Å². The van der Waals surface area contributed by atoms with Crippen LogP contribution in [0.4, 0.5) is 5.69 Å². The van der Waals surface area contributed by atoms with Crippen molar-refractivity contribution in [2.75, 3.05) is 65.9 Å². The van der Waals surface area contributed by atoms with Gasteiger partial charge in [0.2, 0.25) is 0 Å². The Morgan fingerprint density at radius 3 is 2.42 bits per heavy atom. The van der Waals surface area contributed by atoms with Gasteiger partial charge in [0.25, 0.3) is 10.0 Å². The molecule has 2 heterocycles. The predicted octanol–water partition coefficient (Wildman–Crippen LogP) is 3.05. The minimum atomic E-state index is -3.78. The molecular formula is C25H34N4O3S. The number of likely N-dealkylation sites (N-methyl/N-ethyl adjacent to an activating group) is 2. The fourth-order valence-electron chi connectivity index (χ4n) is 4.36. The Morgan fingerprint density at radius 1 is 1.03 bits per heavy atom. The Kier molecular flexibility index (Phi) is 6.70. The molecule has 0 bridgehead atoms. The summed E-state index contributed by atoms with van der Waals surface area (Å²) in [5.74, 6) is 0.693. The zero-order valence-corrected chi connectivity index (χ0v) is 21.0. The molecule has 1 aliphatic rings. The third kappa shape index (κ3) is 4.74. The third-order valence-corrected chi connectivity index (χ3v) is 8.06. The van der Waals surface area contributed by atoms with E-state index in [2.05, 4.69) is 27.8 Å². The molecule has 178 valence electrons. The molecule has 7 nitrogen and oxygen atoms in total. The van der Waals surface area contributed by atoms with Crippen molar-refractivity contribution >= 4 is 26.6 Å². The van der Waals surface area contributed by atoms with Crippen molar-refractivity contribution in [3.63, 3.8) is 0 Å². The Balaban J connectivity index is 1.79. The highest BCUT2D eigenvalue weighted by Crippen LogP contribution is 2.34. The standard InChI is InChI=1S/C25H34N4O3S/c1-19-6-8-23-22(16-19)20(10-11-26(2)3)18-29(23)33(30,31)21-7-9-25(32-5)24(17-21)28-14-12-27(4)13-15-28/h6-9,16-18H,10-15H2,1-5H3. The number of nitrogens with zero attached hydrogens (tertiary/aromatic N) is 4. The van der Waals surface area contributed by atoms with Crippen molar-refractivity contribution < 1.29 is 13.2 Å². The molecule has 0 aliphatic carbocycles. The number of fused-ring (bicyclic) bond motifs is 1. The van der Waals surface area contributed by atoms with Crippen molar-refractivity contribution in [2.24, 2.45) is 0 Å². The first-order valence-corrected chi connectivity index (χ1v) is 12.8. The fraction of sp³-hybridized carbons (Fsp3) is 0.440. The van der Waals surface area contributed by atoms with Gasteiger partial charge in [-0.05, 0) is 70.4 Å². The van der Waals surface area contributed by atoms with E-state index in [1.165, 1.54) is 3.97 Å². The van der Waals surface area contributed by atoms with Crippen LogP contribution in [0.15, 0.2) is 47.5 Å². The van der Waals surface area contributed by atoms with Crippen LogP contribution >= 0.6 is 0 Å². The zero-order valence-electron chi connectivity index (χ0n) is 20.2. The summed E-state index contributed by atoms with van der Waals surface area (Å²) >= 11 is 0. The molecule has 33 heavy (non-hydrogen) atoms. The number of rotatable bonds is 7. The maximum absolute atomic E-state index is 13.9. The Labute approximate surface area is 197 Å². The van der Waals surface area contributed by atoms with Crippen LogP contribution in [0.5, 0.6) is 5.75 Å². The molecule has 0 spiro atoms. The molecule has 1 aliphatic heterocycles. The maximum Gasteiger partial charge on any atom is 0.268 e. The summed E-state index contributed by atoms with van der Waals surface area (Å²) in [7, 11) is 4.00. The lowest BCUT2D eigenvalue weighted by Crippen LogP contribution is -2.44. The largest absolute Gasteiger partial charge is 0.495 e. The molecule has 0 saturated carbocycles. The molecule has 1 fully saturated rings. The van der Waals surface area contributed by atoms with Gasteiger partial charge in [-0.1, -0.05) is 11.6 Å². The monoisotopic (exact) mass is 470 g/mol. The molecule has 0 radical (unpaired) electrons. The van der Waals surface area contributed by atoms with Crippen molar-refractivity contribution in [1.82, 2.24) is 13.8 Å². The van der Waals surface area contributed by atoms with Crippen LogP contribution in [0.2, 0.25) is 0 Å². The number of aromatic nitrogens is 1. The van der Waals surface area contributed by atoms with E-state index in [9.17, 15) is 8.42 Å². The normalized spacial score (nSPS) is 15.5. The van der Waals surface area contributed by atoms with Gasteiger partial charge in [-0.2, -0.15) is 0 Å². The molecule has 0 amide bonds. The average Bonchev–Trinajstić information content (AvgIpc) is 3.16. The molecule has 3 aromatic rings. The van der Waals surface area contributed by atoms with Crippen molar-refractivity contribution in [2.45, 2.75) is 18.2 Å². The topological polar surface area (TPSA) is 58.0 Å². The number of aryl methyl sites for hydroxylation is 1. The van der Waals surface area contributed by atoms with Crippen LogP contribution in [-0.2, 0) is 16.4 Å². The molecule has 1 saturated heterocycles. The second-order valence-electron chi connectivity index (χ2n) is 9.15. The summed E-state index contributed by atoms with van der Waals surface area (Å²) in [6.07, 6.45) is 2.58. The predicted molar refractivity (Wildman–Crippen MR) is 134 cm³/mol. The summed E-state index contributed by atoms with van der Waals surface area (Å²) in [5.41, 5.74) is 3.70. The molecule has 4 rings (SSSR count). The van der Waals surface area contributed by atoms with Crippen molar-refractivity contribution in [3.05, 3.63) is 53.7 Å². The van der Waals surface area contributed by atoms with Gasteiger partial charge in [0.1, 0.15) is 5.75 Å². The van der Waals surface area contributed by atoms with Gasteiger partial charge in [0.15, 0.2) is 0 Å². The quantitative estimate of drug-likeness (QED) is 0.529. The first kappa shape index (κ1) is 23.6. The molecule has 0 unspecified atom stereocenters. The van der Waals surface area contributed by atoms with E-state index in [0.29, 0.717) is 11.3 Å². The van der Waals surface area contributed by atoms with Gasteiger partial charge in [0, 0.05) is 44.3 Å². The minimum absolute atomic E-state index is 0.272. The summed E-state index contributed by atoms with van der Waals surface area (Å²) in [6.45, 7) is 6.40. The van der Waals surface area contributed by atoms with Crippen molar-refractivity contribution in [3.8, 4) is 5.75 Å². The Bertz CT molecular complexity index is 1240. The summed E-state index contributed by atoms with van der Waals surface area (Å²) in [5, 5.41) is 0.994. The number of piperazine rings is 1. The lowest BCUT2D eigenvalue weighted by atomic mass is 10.1. The van der Waals surface area contributed by atoms with Gasteiger partial charge in [0.05, 0.1) is 23.2 Å². The summed E-state index contributed by atoms with van der Waals surface area (Å²) < 4.78 is 34.7. The van der Waals surface area contributed by atoms with E-state index in [4.69, 9.17) is 4.74 Å². The van der Waals surface area contributed by atoms with E-state index in [-0.39, 0.29) is 4.90 Å². The van der Waals surface area contributed by atoms with Gasteiger partial charge in [-0.25, -0.2) is 12.4 Å². The molecular weight excluding hydrogens is 436 g/mol. The SMILES string of the molecule is COc1ccc(S(=O)(=O)n2cc(CCN(C)C)c3cc(C)ccc32)cc1N1CCN(C)CC1. The first-order chi connectivity index (χ1) is 15.7. The number of anilines is 1. The van der Waals surface area contributed by atoms with Crippen LogP contribution in [0.1, 0.15) is 11.1 Å². The van der Waals surface area contributed by atoms with Gasteiger partial charge >= 0.3 is 0 Å². The maximum atomic E-state index is 13.9. The van der Waals surface area contributed by atoms with E-state index < -0.39 is 10.0 Å². The Morgan fingerprint density at radius 2 is 1.76 bits per heavy atom. The van der Waals surface area contributed by atoms with Gasteiger partial charge in [-0.3, -0.25) is 0 Å². The van der Waals surface area contributed by atoms with Crippen LogP contribution in [0.3, 0.4) is 0 Å². The van der Waals surface area contributed by atoms with Crippen molar-refractivity contribution in [1.29, 1.82) is 0 Å². The molecule has 2 aromatic carbocycles. The molecule has 8 heteroatoms. The second-order valence-corrected chi connectivity index (χ2v) is 11.0. The van der Waals surface area contributed by atoms with Crippen LogP contribution < -0.4 is 9.64 Å². The number of methoxy groups -OCH3 is 1. The highest BCUT2D eigenvalue weighted by atomic mass is 32.2. The van der Waals surface area contributed by atoms with Gasteiger partial charge in [-0.15, -0.1) is 0 Å². The Hall–Kier alpha value is -2.55. The summed E-state index contributed by atoms with van der Waals surface area (Å²) in [6, 6.07) is 11.1. The lowest BCUT2D eigenvalue weighted by Gasteiger charge is -2.34. The van der Waals surface area contributed by atoms with Gasteiger partial charge < -0.3 is 19.4 Å². The zero-order chi connectivity index (χ0) is 23.8. The third-order valence-electron chi connectivity index (χ3n) is 6.39. The second kappa shape index (κ2) is 9.37. The van der Waals surface area contributed by atoms with Crippen LogP contribution in [-0.4, -0.2) is 83.2 Å². The molecule has 0 N–H and O–H groups in total. The van der Waals surface area contributed by atoms with E-state index in [0.717, 1.165) is 61.3 Å². The highest BCUT2D eigenvalue weighted by molar-refractivity contribution is 7.90. The van der Waals surface area contributed by atoms with E-state index >= 15 is 0 Å². The summed E-state index contributed by atoms with van der Waals surface area (Å²) in [4.78, 5) is 6.86. The van der Waals surface area contributed by atoms with Crippen LogP contribution in [0.25, 0.3) is 10.9 Å². The molecule has 1 aromatic heterocycles. The number of ether oxygens (including phenoxy) is 1. The molecule has 0 atom stereocenters.